The van der Waals surface area contributed by atoms with Crippen molar-refractivity contribution in [3.63, 3.8) is 0 Å². The summed E-state index contributed by atoms with van der Waals surface area (Å²) in [4.78, 5) is 11.6. The molecule has 23 heavy (non-hydrogen) atoms. The summed E-state index contributed by atoms with van der Waals surface area (Å²) in [6.07, 6.45) is -0.158. The van der Waals surface area contributed by atoms with Crippen LogP contribution in [0, 0.1) is 6.92 Å². The molecular weight excluding hydrogens is 356 g/mol. The van der Waals surface area contributed by atoms with Crippen LogP contribution in [-0.4, -0.2) is 13.1 Å². The molecule has 2 aromatic rings. The molecular formula is C19H21BrO3. The maximum Gasteiger partial charge on any atom is 0.337 e. The van der Waals surface area contributed by atoms with E-state index in [9.17, 15) is 4.79 Å². The first-order valence-electron chi connectivity index (χ1n) is 7.12. The van der Waals surface area contributed by atoms with Gasteiger partial charge in [-0.15, -0.1) is 13.2 Å². The number of esters is 1. The third-order valence-electron chi connectivity index (χ3n) is 3.22. The van der Waals surface area contributed by atoms with E-state index in [-0.39, 0.29) is 12.1 Å². The largest absolute Gasteiger partial charge is 0.486 e. The first kappa shape index (κ1) is 19.0. The number of ether oxygens (including phenoxy) is 2. The number of methoxy groups -OCH3 is 1. The molecule has 1 atom stereocenters. The summed E-state index contributed by atoms with van der Waals surface area (Å²) in [5.74, 6) is 0.484. The molecule has 0 amide bonds. The number of aryl methyl sites for hydroxylation is 1. The maximum atomic E-state index is 11.6. The fraction of sp³-hybridized carbons (Fsp3) is 0.211. The highest BCUT2D eigenvalue weighted by Gasteiger charge is 2.12. The lowest BCUT2D eigenvalue weighted by atomic mass is 10.1. The topological polar surface area (TPSA) is 35.5 Å². The van der Waals surface area contributed by atoms with Crippen LogP contribution in [0.25, 0.3) is 0 Å². The van der Waals surface area contributed by atoms with Gasteiger partial charge >= 0.3 is 5.97 Å². The fourth-order valence-corrected chi connectivity index (χ4v) is 2.52. The van der Waals surface area contributed by atoms with Crippen LogP contribution in [0.1, 0.15) is 34.5 Å². The lowest BCUT2D eigenvalue weighted by Gasteiger charge is -2.17. The minimum atomic E-state index is -0.344. The average Bonchev–Trinajstić information content (AvgIpc) is 2.58. The van der Waals surface area contributed by atoms with Gasteiger partial charge in [-0.05, 0) is 55.3 Å². The molecule has 0 N–H and O–H groups in total. The molecule has 122 valence electrons. The molecule has 0 aliphatic heterocycles. The molecule has 0 aliphatic carbocycles. The third-order valence-corrected chi connectivity index (χ3v) is 3.71. The Hall–Kier alpha value is -2.07. The second-order valence-electron chi connectivity index (χ2n) is 4.79. The van der Waals surface area contributed by atoms with Crippen molar-refractivity contribution in [2.24, 2.45) is 0 Å². The molecule has 0 spiro atoms. The van der Waals surface area contributed by atoms with Gasteiger partial charge in [-0.25, -0.2) is 4.79 Å². The Morgan fingerprint density at radius 1 is 1.17 bits per heavy atom. The number of halogens is 1. The monoisotopic (exact) mass is 376 g/mol. The number of carbonyl (C=O) groups excluding carboxylic acids is 1. The molecule has 0 saturated carbocycles. The van der Waals surface area contributed by atoms with Crippen LogP contribution in [0.15, 0.2) is 60.1 Å². The van der Waals surface area contributed by atoms with E-state index in [2.05, 4.69) is 29.1 Å². The molecule has 0 aliphatic rings. The fourth-order valence-electron chi connectivity index (χ4n) is 2.04. The first-order valence-corrected chi connectivity index (χ1v) is 7.91. The first-order chi connectivity index (χ1) is 11.0. The normalized spacial score (nSPS) is 11.0. The Kier molecular flexibility index (Phi) is 7.55. The van der Waals surface area contributed by atoms with Gasteiger partial charge in [0.15, 0.2) is 0 Å². The standard InChI is InChI=1S/C17H17BrO3.C2H4/c1-11-9-15(18)7-8-16(11)21-12(2)13-5-4-6-14(10-13)17(19)20-3;1-2/h4-10,12H,1-3H3;1-2H2. The van der Waals surface area contributed by atoms with E-state index in [1.165, 1.54) is 7.11 Å². The smallest absolute Gasteiger partial charge is 0.337 e. The van der Waals surface area contributed by atoms with Crippen molar-refractivity contribution in [2.75, 3.05) is 7.11 Å². The molecule has 3 nitrogen and oxygen atoms in total. The minimum absolute atomic E-state index is 0.158. The molecule has 2 rings (SSSR count). The van der Waals surface area contributed by atoms with Gasteiger partial charge in [0.05, 0.1) is 12.7 Å². The summed E-state index contributed by atoms with van der Waals surface area (Å²) in [6, 6.07) is 13.2. The predicted molar refractivity (Wildman–Crippen MR) is 97.0 cm³/mol. The Bertz CT molecular complexity index is 667. The van der Waals surface area contributed by atoms with Crippen molar-refractivity contribution in [1.82, 2.24) is 0 Å². The van der Waals surface area contributed by atoms with Crippen LogP contribution in [0.5, 0.6) is 5.75 Å². The van der Waals surface area contributed by atoms with Crippen molar-refractivity contribution in [2.45, 2.75) is 20.0 Å². The van der Waals surface area contributed by atoms with E-state index in [0.717, 1.165) is 21.3 Å². The second kappa shape index (κ2) is 9.16. The quantitative estimate of drug-likeness (QED) is 0.522. The van der Waals surface area contributed by atoms with Crippen molar-refractivity contribution in [1.29, 1.82) is 0 Å². The van der Waals surface area contributed by atoms with Gasteiger partial charge in [0.2, 0.25) is 0 Å². The summed E-state index contributed by atoms with van der Waals surface area (Å²) in [6.45, 7) is 9.95. The van der Waals surface area contributed by atoms with Gasteiger partial charge in [0, 0.05) is 4.47 Å². The van der Waals surface area contributed by atoms with Crippen LogP contribution in [0.4, 0.5) is 0 Å². The number of hydrogen-bond acceptors (Lipinski definition) is 3. The third kappa shape index (κ3) is 5.25. The van der Waals surface area contributed by atoms with E-state index in [0.29, 0.717) is 5.56 Å². The summed E-state index contributed by atoms with van der Waals surface area (Å²) >= 11 is 3.43. The zero-order valence-corrected chi connectivity index (χ0v) is 15.2. The SMILES string of the molecule is C=C.COC(=O)c1cccc(C(C)Oc2ccc(Br)cc2C)c1. The van der Waals surface area contributed by atoms with E-state index in [1.807, 2.05) is 44.2 Å². The van der Waals surface area contributed by atoms with E-state index in [4.69, 9.17) is 9.47 Å². The summed E-state index contributed by atoms with van der Waals surface area (Å²) in [5.41, 5.74) is 2.51. The molecule has 0 radical (unpaired) electrons. The summed E-state index contributed by atoms with van der Waals surface area (Å²) < 4.78 is 11.7. The number of rotatable bonds is 4. The lowest BCUT2D eigenvalue weighted by Crippen LogP contribution is -2.07. The van der Waals surface area contributed by atoms with Crippen molar-refractivity contribution >= 4 is 21.9 Å². The lowest BCUT2D eigenvalue weighted by molar-refractivity contribution is 0.0600. The van der Waals surface area contributed by atoms with Gasteiger partial charge in [0.25, 0.3) is 0 Å². The Morgan fingerprint density at radius 2 is 1.87 bits per heavy atom. The Morgan fingerprint density at radius 3 is 2.48 bits per heavy atom. The Balaban J connectivity index is 0.00000127. The Labute approximate surface area is 146 Å². The van der Waals surface area contributed by atoms with Crippen LogP contribution in [-0.2, 0) is 4.74 Å². The predicted octanol–water partition coefficient (Wildman–Crippen LogP) is 5.49. The maximum absolute atomic E-state index is 11.6. The minimum Gasteiger partial charge on any atom is -0.486 e. The molecule has 0 saturated heterocycles. The molecule has 0 fully saturated rings. The van der Waals surface area contributed by atoms with E-state index in [1.54, 1.807) is 12.1 Å². The molecule has 0 heterocycles. The van der Waals surface area contributed by atoms with Crippen LogP contribution < -0.4 is 4.74 Å². The van der Waals surface area contributed by atoms with E-state index >= 15 is 0 Å². The molecule has 2 aromatic carbocycles. The number of hydrogen-bond donors (Lipinski definition) is 0. The highest BCUT2D eigenvalue weighted by Crippen LogP contribution is 2.27. The van der Waals surface area contributed by atoms with E-state index < -0.39 is 0 Å². The molecule has 1 unspecified atom stereocenters. The average molecular weight is 377 g/mol. The van der Waals surface area contributed by atoms with Gasteiger partial charge in [-0.1, -0.05) is 28.1 Å². The second-order valence-corrected chi connectivity index (χ2v) is 5.70. The summed E-state index contributed by atoms with van der Waals surface area (Å²) in [5, 5.41) is 0. The van der Waals surface area contributed by atoms with Crippen LogP contribution in [0.2, 0.25) is 0 Å². The zero-order chi connectivity index (χ0) is 17.4. The van der Waals surface area contributed by atoms with Crippen LogP contribution in [0.3, 0.4) is 0 Å². The zero-order valence-electron chi connectivity index (χ0n) is 13.6. The summed E-state index contributed by atoms with van der Waals surface area (Å²) in [7, 11) is 1.38. The van der Waals surface area contributed by atoms with Gasteiger partial charge < -0.3 is 9.47 Å². The van der Waals surface area contributed by atoms with Crippen LogP contribution >= 0.6 is 15.9 Å². The molecule has 0 bridgehead atoms. The van der Waals surface area contributed by atoms with Crippen molar-refractivity contribution in [3.8, 4) is 5.75 Å². The van der Waals surface area contributed by atoms with Gasteiger partial charge in [-0.2, -0.15) is 0 Å². The highest BCUT2D eigenvalue weighted by molar-refractivity contribution is 9.10. The highest BCUT2D eigenvalue weighted by atomic mass is 79.9. The van der Waals surface area contributed by atoms with Crippen molar-refractivity contribution < 1.29 is 14.3 Å². The molecule has 0 aromatic heterocycles. The number of benzene rings is 2. The van der Waals surface area contributed by atoms with Gasteiger partial charge in [-0.3, -0.25) is 0 Å². The number of carbonyl (C=O) groups is 1. The van der Waals surface area contributed by atoms with Crippen molar-refractivity contribution in [3.05, 3.63) is 76.8 Å². The molecule has 4 heteroatoms. The van der Waals surface area contributed by atoms with Gasteiger partial charge in [0.1, 0.15) is 11.9 Å².